The van der Waals surface area contributed by atoms with Crippen LogP contribution >= 0.6 is 0 Å². The van der Waals surface area contributed by atoms with Crippen LogP contribution in [0.25, 0.3) is 0 Å². The maximum atomic E-state index is 12.4. The molecular weight excluding hydrogens is 354 g/mol. The van der Waals surface area contributed by atoms with E-state index in [1.807, 2.05) is 31.2 Å². The molecule has 148 valence electrons. The molecule has 1 aliphatic rings. The molecule has 0 aromatic heterocycles. The lowest BCUT2D eigenvalue weighted by atomic mass is 9.95. The molecule has 0 atom stereocenters. The van der Waals surface area contributed by atoms with E-state index in [9.17, 15) is 9.59 Å². The summed E-state index contributed by atoms with van der Waals surface area (Å²) in [4.78, 5) is 24.5. The van der Waals surface area contributed by atoms with E-state index in [2.05, 4.69) is 5.32 Å². The number of benzene rings is 2. The van der Waals surface area contributed by atoms with Gasteiger partial charge in [-0.3, -0.25) is 4.79 Å². The largest absolute Gasteiger partial charge is 0.488 e. The molecule has 0 bridgehead atoms. The Morgan fingerprint density at radius 1 is 1.04 bits per heavy atom. The fourth-order valence-corrected chi connectivity index (χ4v) is 3.45. The maximum Gasteiger partial charge on any atom is 0.342 e. The quantitative estimate of drug-likeness (QED) is 0.731. The Morgan fingerprint density at radius 2 is 1.82 bits per heavy atom. The SMILES string of the molecule is Cc1cccc(COc2ccccc2C(=O)OCC(=O)NC2CCCCC2)c1. The van der Waals surface area contributed by atoms with Crippen molar-refractivity contribution in [3.63, 3.8) is 0 Å². The number of esters is 1. The van der Waals surface area contributed by atoms with Crippen LogP contribution in [0.4, 0.5) is 0 Å². The number of para-hydroxylation sites is 1. The standard InChI is InChI=1S/C23H27NO4/c1-17-8-7-9-18(14-17)15-27-21-13-6-5-12-20(21)23(26)28-16-22(25)24-19-10-3-2-4-11-19/h5-9,12-14,19H,2-4,10-11,15-16H2,1H3,(H,24,25). The Kier molecular flexibility index (Phi) is 7.06. The average Bonchev–Trinajstić information content (AvgIpc) is 2.71. The molecule has 5 heteroatoms. The van der Waals surface area contributed by atoms with Gasteiger partial charge in [-0.15, -0.1) is 0 Å². The maximum absolute atomic E-state index is 12.4. The van der Waals surface area contributed by atoms with Crippen LogP contribution in [0.3, 0.4) is 0 Å². The van der Waals surface area contributed by atoms with Crippen molar-refractivity contribution >= 4 is 11.9 Å². The van der Waals surface area contributed by atoms with Crippen LogP contribution in [0.1, 0.15) is 53.6 Å². The summed E-state index contributed by atoms with van der Waals surface area (Å²) in [6.07, 6.45) is 5.48. The first-order chi connectivity index (χ1) is 13.6. The normalized spacial score (nSPS) is 14.3. The summed E-state index contributed by atoms with van der Waals surface area (Å²) in [5.41, 5.74) is 2.49. The molecule has 0 radical (unpaired) electrons. The highest BCUT2D eigenvalue weighted by Gasteiger charge is 2.18. The van der Waals surface area contributed by atoms with Gasteiger partial charge in [-0.2, -0.15) is 0 Å². The van der Waals surface area contributed by atoms with Crippen molar-refractivity contribution < 1.29 is 19.1 Å². The van der Waals surface area contributed by atoms with Gasteiger partial charge >= 0.3 is 5.97 Å². The minimum absolute atomic E-state index is 0.199. The molecule has 1 fully saturated rings. The van der Waals surface area contributed by atoms with Crippen molar-refractivity contribution in [3.05, 3.63) is 65.2 Å². The number of hydrogen-bond acceptors (Lipinski definition) is 4. The fraction of sp³-hybridized carbons (Fsp3) is 0.391. The number of rotatable bonds is 7. The van der Waals surface area contributed by atoms with Crippen molar-refractivity contribution in [3.8, 4) is 5.75 Å². The van der Waals surface area contributed by atoms with Crippen LogP contribution < -0.4 is 10.1 Å². The third-order valence-corrected chi connectivity index (χ3v) is 4.89. The number of amides is 1. The summed E-state index contributed by atoms with van der Waals surface area (Å²) in [7, 11) is 0. The van der Waals surface area contributed by atoms with Crippen LogP contribution in [0.5, 0.6) is 5.75 Å². The number of ether oxygens (including phenoxy) is 2. The van der Waals surface area contributed by atoms with Crippen LogP contribution in [0.2, 0.25) is 0 Å². The molecule has 0 saturated heterocycles. The van der Waals surface area contributed by atoms with Gasteiger partial charge in [-0.25, -0.2) is 4.79 Å². The van der Waals surface area contributed by atoms with Crippen LogP contribution in [0.15, 0.2) is 48.5 Å². The molecule has 1 amide bonds. The van der Waals surface area contributed by atoms with Gasteiger partial charge in [0, 0.05) is 6.04 Å². The van der Waals surface area contributed by atoms with Gasteiger partial charge in [0.1, 0.15) is 17.9 Å². The summed E-state index contributed by atoms with van der Waals surface area (Å²) < 4.78 is 11.0. The van der Waals surface area contributed by atoms with E-state index in [-0.39, 0.29) is 18.6 Å². The van der Waals surface area contributed by atoms with Gasteiger partial charge in [-0.1, -0.05) is 61.2 Å². The third-order valence-electron chi connectivity index (χ3n) is 4.89. The summed E-state index contributed by atoms with van der Waals surface area (Å²) in [5.74, 6) is -0.362. The van der Waals surface area contributed by atoms with E-state index >= 15 is 0 Å². The monoisotopic (exact) mass is 381 g/mol. The Morgan fingerprint density at radius 3 is 2.61 bits per heavy atom. The lowest BCUT2D eigenvalue weighted by Gasteiger charge is -2.22. The van der Waals surface area contributed by atoms with Gasteiger partial charge in [0.25, 0.3) is 5.91 Å². The first-order valence-corrected chi connectivity index (χ1v) is 9.85. The molecule has 2 aromatic carbocycles. The Bertz CT molecular complexity index is 812. The summed E-state index contributed by atoms with van der Waals surface area (Å²) in [5, 5.41) is 2.94. The van der Waals surface area contributed by atoms with E-state index in [4.69, 9.17) is 9.47 Å². The van der Waals surface area contributed by atoms with Crippen molar-refractivity contribution in [1.29, 1.82) is 0 Å². The first kappa shape index (κ1) is 19.9. The molecule has 0 heterocycles. The number of carbonyl (C=O) groups excluding carboxylic acids is 2. The Balaban J connectivity index is 1.53. The molecule has 3 rings (SSSR count). The molecule has 28 heavy (non-hydrogen) atoms. The highest BCUT2D eigenvalue weighted by molar-refractivity contribution is 5.94. The fourth-order valence-electron chi connectivity index (χ4n) is 3.45. The smallest absolute Gasteiger partial charge is 0.342 e. The third kappa shape index (κ3) is 5.84. The summed E-state index contributed by atoms with van der Waals surface area (Å²) in [6.45, 7) is 2.10. The molecule has 0 unspecified atom stereocenters. The minimum Gasteiger partial charge on any atom is -0.488 e. The molecule has 5 nitrogen and oxygen atoms in total. The second-order valence-electron chi connectivity index (χ2n) is 7.25. The average molecular weight is 381 g/mol. The molecule has 0 aliphatic heterocycles. The van der Waals surface area contributed by atoms with E-state index in [0.717, 1.165) is 36.8 Å². The summed E-state index contributed by atoms with van der Waals surface area (Å²) in [6, 6.07) is 15.1. The molecule has 1 saturated carbocycles. The van der Waals surface area contributed by atoms with E-state index in [0.29, 0.717) is 17.9 Å². The highest BCUT2D eigenvalue weighted by atomic mass is 16.5. The number of nitrogens with one attached hydrogen (secondary N) is 1. The molecule has 1 N–H and O–H groups in total. The zero-order chi connectivity index (χ0) is 19.8. The van der Waals surface area contributed by atoms with Crippen LogP contribution in [0, 0.1) is 6.92 Å². The van der Waals surface area contributed by atoms with Gasteiger partial charge in [0.2, 0.25) is 0 Å². The van der Waals surface area contributed by atoms with Gasteiger partial charge in [0.15, 0.2) is 6.61 Å². The van der Waals surface area contributed by atoms with E-state index in [1.54, 1.807) is 24.3 Å². The number of hydrogen-bond donors (Lipinski definition) is 1. The zero-order valence-electron chi connectivity index (χ0n) is 16.3. The lowest BCUT2D eigenvalue weighted by molar-refractivity contribution is -0.125. The van der Waals surface area contributed by atoms with Gasteiger partial charge < -0.3 is 14.8 Å². The minimum atomic E-state index is -0.557. The van der Waals surface area contributed by atoms with Crippen molar-refractivity contribution in [2.24, 2.45) is 0 Å². The van der Waals surface area contributed by atoms with Crippen molar-refractivity contribution in [1.82, 2.24) is 5.32 Å². The zero-order valence-corrected chi connectivity index (χ0v) is 16.3. The molecule has 0 spiro atoms. The highest BCUT2D eigenvalue weighted by Crippen LogP contribution is 2.21. The number of carbonyl (C=O) groups is 2. The van der Waals surface area contributed by atoms with E-state index in [1.165, 1.54) is 6.42 Å². The Hall–Kier alpha value is -2.82. The second-order valence-corrected chi connectivity index (χ2v) is 7.25. The number of aryl methyl sites for hydroxylation is 1. The molecular formula is C23H27NO4. The lowest BCUT2D eigenvalue weighted by Crippen LogP contribution is -2.38. The topological polar surface area (TPSA) is 64.6 Å². The van der Waals surface area contributed by atoms with Crippen LogP contribution in [-0.4, -0.2) is 24.5 Å². The predicted octanol–water partition coefficient (Wildman–Crippen LogP) is 4.18. The Labute approximate surface area is 166 Å². The van der Waals surface area contributed by atoms with Gasteiger partial charge in [-0.05, 0) is 37.5 Å². The molecule has 2 aromatic rings. The second kappa shape index (κ2) is 9.93. The van der Waals surface area contributed by atoms with Crippen molar-refractivity contribution in [2.75, 3.05) is 6.61 Å². The van der Waals surface area contributed by atoms with Crippen LogP contribution in [-0.2, 0) is 16.1 Å². The first-order valence-electron chi connectivity index (χ1n) is 9.85. The predicted molar refractivity (Wildman–Crippen MR) is 107 cm³/mol. The van der Waals surface area contributed by atoms with E-state index < -0.39 is 5.97 Å². The summed E-state index contributed by atoms with van der Waals surface area (Å²) >= 11 is 0. The molecule has 1 aliphatic carbocycles. The van der Waals surface area contributed by atoms with Crippen molar-refractivity contribution in [2.45, 2.75) is 51.7 Å². The van der Waals surface area contributed by atoms with Gasteiger partial charge in [0.05, 0.1) is 0 Å².